The third-order valence-corrected chi connectivity index (χ3v) is 5.86. The number of hydrogen-bond acceptors (Lipinski definition) is 6. The summed E-state index contributed by atoms with van der Waals surface area (Å²) >= 11 is 5.92. The summed E-state index contributed by atoms with van der Waals surface area (Å²) in [4.78, 5) is 10.3. The molecular formula is C15H14ClNO7S2. The molecule has 0 saturated carbocycles. The molecule has 0 spiro atoms. The average Bonchev–Trinajstić information content (AvgIpc) is 2.52. The molecule has 2 aromatic rings. The van der Waals surface area contributed by atoms with Gasteiger partial charge in [-0.25, -0.2) is 21.6 Å². The van der Waals surface area contributed by atoms with Crippen LogP contribution in [0.25, 0.3) is 0 Å². The second kappa shape index (κ2) is 7.52. The number of carbonyl (C=O) groups is 1. The van der Waals surface area contributed by atoms with E-state index >= 15 is 0 Å². The molecular weight excluding hydrogens is 406 g/mol. The third kappa shape index (κ3) is 5.10. The lowest BCUT2D eigenvalue weighted by atomic mass is 10.3. The second-order valence-electron chi connectivity index (χ2n) is 5.18. The number of nitrogens with one attached hydrogen (secondary N) is 1. The van der Waals surface area contributed by atoms with Crippen LogP contribution in [0, 0.1) is 0 Å². The van der Waals surface area contributed by atoms with E-state index in [-0.39, 0.29) is 26.3 Å². The van der Waals surface area contributed by atoms with Crippen molar-refractivity contribution in [3.05, 3.63) is 47.5 Å². The standard InChI is InChI=1S/C15H14ClNO7S2/c1-25(20,21)11-4-2-3-10(7-11)17-26(22,23)12-5-6-14(13(16)8-12)24-9-15(18)19/h2-8,17H,9H2,1H3,(H,18,19). The summed E-state index contributed by atoms with van der Waals surface area (Å²) in [7, 11) is -7.54. The first kappa shape index (κ1) is 20.0. The molecule has 0 saturated heterocycles. The fraction of sp³-hybridized carbons (Fsp3) is 0.133. The highest BCUT2D eigenvalue weighted by molar-refractivity contribution is 7.92. The van der Waals surface area contributed by atoms with Gasteiger partial charge in [0.15, 0.2) is 16.4 Å². The number of hydrogen-bond donors (Lipinski definition) is 2. The molecule has 2 aromatic carbocycles. The van der Waals surface area contributed by atoms with Crippen molar-refractivity contribution < 1.29 is 31.5 Å². The highest BCUT2D eigenvalue weighted by Gasteiger charge is 2.18. The Morgan fingerprint density at radius 3 is 2.38 bits per heavy atom. The first-order chi connectivity index (χ1) is 12.0. The zero-order valence-corrected chi connectivity index (χ0v) is 15.7. The lowest BCUT2D eigenvalue weighted by molar-refractivity contribution is -0.139. The zero-order chi connectivity index (χ0) is 19.5. The van der Waals surface area contributed by atoms with Crippen molar-refractivity contribution in [2.45, 2.75) is 9.79 Å². The Labute approximate surface area is 155 Å². The molecule has 0 bridgehead atoms. The van der Waals surface area contributed by atoms with Gasteiger partial charge in [0.2, 0.25) is 0 Å². The summed E-state index contributed by atoms with van der Waals surface area (Å²) in [5.41, 5.74) is 0.0650. The van der Waals surface area contributed by atoms with Gasteiger partial charge in [0.1, 0.15) is 5.75 Å². The fourth-order valence-electron chi connectivity index (χ4n) is 1.91. The predicted octanol–water partition coefficient (Wildman–Crippen LogP) is 2.01. The van der Waals surface area contributed by atoms with E-state index in [0.717, 1.165) is 12.3 Å². The molecule has 0 aliphatic rings. The molecule has 0 aromatic heterocycles. The molecule has 2 rings (SSSR count). The van der Waals surface area contributed by atoms with Gasteiger partial charge in [-0.3, -0.25) is 4.72 Å². The molecule has 0 heterocycles. The van der Waals surface area contributed by atoms with Gasteiger partial charge >= 0.3 is 5.97 Å². The molecule has 0 amide bonds. The fourth-order valence-corrected chi connectivity index (χ4v) is 3.95. The van der Waals surface area contributed by atoms with Crippen molar-refractivity contribution in [3.63, 3.8) is 0 Å². The molecule has 0 fully saturated rings. The van der Waals surface area contributed by atoms with Gasteiger partial charge in [0.25, 0.3) is 10.0 Å². The van der Waals surface area contributed by atoms with Crippen molar-refractivity contribution in [1.29, 1.82) is 0 Å². The Balaban J connectivity index is 2.28. The molecule has 0 aliphatic heterocycles. The number of sulfonamides is 1. The van der Waals surface area contributed by atoms with Crippen LogP contribution < -0.4 is 9.46 Å². The van der Waals surface area contributed by atoms with E-state index in [2.05, 4.69) is 4.72 Å². The summed E-state index contributed by atoms with van der Waals surface area (Å²) in [6.45, 7) is -0.623. The van der Waals surface area contributed by atoms with Crippen LogP contribution in [-0.2, 0) is 24.7 Å². The molecule has 2 N–H and O–H groups in total. The molecule has 0 aliphatic carbocycles. The van der Waals surface area contributed by atoms with E-state index in [1.54, 1.807) is 0 Å². The van der Waals surface area contributed by atoms with E-state index in [9.17, 15) is 21.6 Å². The summed E-state index contributed by atoms with van der Waals surface area (Å²) < 4.78 is 55.2. The number of aliphatic carboxylic acids is 1. The largest absolute Gasteiger partial charge is 0.480 e. The molecule has 0 unspecified atom stereocenters. The maximum atomic E-state index is 12.4. The summed E-state index contributed by atoms with van der Waals surface area (Å²) in [6.07, 6.45) is 1.01. The monoisotopic (exact) mass is 419 g/mol. The smallest absolute Gasteiger partial charge is 0.341 e. The highest BCUT2D eigenvalue weighted by Crippen LogP contribution is 2.28. The van der Waals surface area contributed by atoms with Gasteiger partial charge < -0.3 is 9.84 Å². The van der Waals surface area contributed by atoms with E-state index in [4.69, 9.17) is 21.4 Å². The van der Waals surface area contributed by atoms with Gasteiger partial charge in [0, 0.05) is 6.26 Å². The number of carboxylic acids is 1. The van der Waals surface area contributed by atoms with E-state index in [0.29, 0.717) is 0 Å². The normalized spacial score (nSPS) is 11.8. The number of anilines is 1. The van der Waals surface area contributed by atoms with Crippen LogP contribution in [0.3, 0.4) is 0 Å². The van der Waals surface area contributed by atoms with Crippen LogP contribution in [0.15, 0.2) is 52.3 Å². The molecule has 11 heteroatoms. The Morgan fingerprint density at radius 1 is 1.12 bits per heavy atom. The van der Waals surface area contributed by atoms with Crippen LogP contribution in [0.2, 0.25) is 5.02 Å². The molecule has 26 heavy (non-hydrogen) atoms. The first-order valence-electron chi connectivity index (χ1n) is 6.96. The number of rotatable bonds is 7. The maximum absolute atomic E-state index is 12.4. The summed E-state index contributed by atoms with van der Waals surface area (Å²) in [5, 5.41) is 8.49. The SMILES string of the molecule is CS(=O)(=O)c1cccc(NS(=O)(=O)c2ccc(OCC(=O)O)c(Cl)c2)c1. The minimum Gasteiger partial charge on any atom is -0.480 e. The van der Waals surface area contributed by atoms with Gasteiger partial charge in [-0.15, -0.1) is 0 Å². The molecule has 0 radical (unpaired) electrons. The van der Waals surface area contributed by atoms with E-state index < -0.39 is 32.4 Å². The minimum absolute atomic E-state index is 0.0205. The van der Waals surface area contributed by atoms with E-state index in [1.165, 1.54) is 36.4 Å². The van der Waals surface area contributed by atoms with Crippen LogP contribution in [0.5, 0.6) is 5.75 Å². The van der Waals surface area contributed by atoms with E-state index in [1.807, 2.05) is 0 Å². The molecule has 0 atom stereocenters. The van der Waals surface area contributed by atoms with Crippen LogP contribution >= 0.6 is 11.6 Å². The lowest BCUT2D eigenvalue weighted by Crippen LogP contribution is -2.14. The van der Waals surface area contributed by atoms with Gasteiger partial charge in [-0.05, 0) is 36.4 Å². The Kier molecular flexibility index (Phi) is 5.79. The third-order valence-electron chi connectivity index (χ3n) is 3.08. The lowest BCUT2D eigenvalue weighted by Gasteiger charge is -2.11. The molecule has 8 nitrogen and oxygen atoms in total. The molecule has 140 valence electrons. The Hall–Kier alpha value is -2.30. The Bertz CT molecular complexity index is 1050. The number of carboxylic acid groups (broad SMARTS) is 1. The number of halogens is 1. The van der Waals surface area contributed by atoms with Crippen LogP contribution in [0.1, 0.15) is 0 Å². The van der Waals surface area contributed by atoms with Crippen molar-refractivity contribution in [2.75, 3.05) is 17.6 Å². The van der Waals surface area contributed by atoms with Crippen molar-refractivity contribution >= 4 is 43.1 Å². The first-order valence-corrected chi connectivity index (χ1v) is 10.7. The van der Waals surface area contributed by atoms with Crippen LogP contribution in [-0.4, -0.2) is 40.8 Å². The van der Waals surface area contributed by atoms with Gasteiger partial charge in [-0.2, -0.15) is 0 Å². The van der Waals surface area contributed by atoms with Crippen molar-refractivity contribution in [1.82, 2.24) is 0 Å². The second-order valence-corrected chi connectivity index (χ2v) is 9.29. The predicted molar refractivity (Wildman–Crippen MR) is 94.9 cm³/mol. The van der Waals surface area contributed by atoms with Crippen molar-refractivity contribution in [3.8, 4) is 5.75 Å². The quantitative estimate of drug-likeness (QED) is 0.702. The number of ether oxygens (including phenoxy) is 1. The minimum atomic E-state index is -4.05. The topological polar surface area (TPSA) is 127 Å². The number of sulfone groups is 1. The van der Waals surface area contributed by atoms with Crippen LogP contribution in [0.4, 0.5) is 5.69 Å². The van der Waals surface area contributed by atoms with Gasteiger partial charge in [-0.1, -0.05) is 17.7 Å². The number of benzene rings is 2. The highest BCUT2D eigenvalue weighted by atomic mass is 35.5. The summed E-state index contributed by atoms with van der Waals surface area (Å²) in [6, 6.07) is 8.86. The average molecular weight is 420 g/mol. The maximum Gasteiger partial charge on any atom is 0.341 e. The zero-order valence-electron chi connectivity index (χ0n) is 13.3. The Morgan fingerprint density at radius 2 is 1.81 bits per heavy atom. The van der Waals surface area contributed by atoms with Gasteiger partial charge in [0.05, 0.1) is 20.5 Å². The van der Waals surface area contributed by atoms with Crippen molar-refractivity contribution in [2.24, 2.45) is 0 Å². The summed E-state index contributed by atoms with van der Waals surface area (Å²) in [5.74, 6) is -1.18.